The Bertz CT molecular complexity index is 3000. The molecule has 2 atom stereocenters. The van der Waals surface area contributed by atoms with Gasteiger partial charge in [-0.15, -0.1) is 0 Å². The highest BCUT2D eigenvalue weighted by Gasteiger charge is 2.27. The number of benzene rings is 7. The van der Waals surface area contributed by atoms with E-state index in [9.17, 15) is 0 Å². The number of nitrogens with one attached hydrogen (secondary N) is 2. The van der Waals surface area contributed by atoms with Crippen LogP contribution in [0, 0.1) is 0 Å². The zero-order valence-corrected chi connectivity index (χ0v) is 29.3. The summed E-state index contributed by atoms with van der Waals surface area (Å²) in [5.41, 5.74) is 11.1. The molecule has 6 heteroatoms. The molecule has 0 spiro atoms. The zero-order valence-electron chi connectivity index (χ0n) is 29.3. The number of para-hydroxylation sites is 4. The van der Waals surface area contributed by atoms with Gasteiger partial charge in [-0.25, -0.2) is 4.99 Å². The molecule has 0 aliphatic carbocycles. The van der Waals surface area contributed by atoms with E-state index in [-0.39, 0.29) is 12.2 Å². The SMILES string of the molecule is C1=CC(c2cccc(C3N=C(n4c5ccccc5c5ccc6c7ccccc7n(-c7ccccc7)c6c54)N=C(c4ccccc4)N3)c2)Nc2ccccc21. The second-order valence-corrected chi connectivity index (χ2v) is 13.9. The molecule has 2 aromatic heterocycles. The summed E-state index contributed by atoms with van der Waals surface area (Å²) in [7, 11) is 0. The molecule has 0 amide bonds. The summed E-state index contributed by atoms with van der Waals surface area (Å²) in [6.07, 6.45) is 4.05. The molecule has 0 radical (unpaired) electrons. The van der Waals surface area contributed by atoms with Crippen LogP contribution in [0.1, 0.15) is 34.5 Å². The maximum Gasteiger partial charge on any atom is 0.234 e. The number of nitrogens with zero attached hydrogens (tertiary/aromatic N) is 4. The first kappa shape index (κ1) is 30.4. The van der Waals surface area contributed by atoms with Crippen LogP contribution in [0.25, 0.3) is 55.4 Å². The van der Waals surface area contributed by atoms with Crippen molar-refractivity contribution in [1.82, 2.24) is 14.5 Å². The highest BCUT2D eigenvalue weighted by Crippen LogP contribution is 2.41. The van der Waals surface area contributed by atoms with Gasteiger partial charge in [-0.05, 0) is 53.1 Å². The maximum atomic E-state index is 5.49. The van der Waals surface area contributed by atoms with Crippen molar-refractivity contribution in [2.75, 3.05) is 5.32 Å². The molecule has 0 fully saturated rings. The molecule has 6 nitrogen and oxygen atoms in total. The van der Waals surface area contributed by atoms with E-state index >= 15 is 0 Å². The van der Waals surface area contributed by atoms with Gasteiger partial charge < -0.3 is 15.2 Å². The van der Waals surface area contributed by atoms with Crippen LogP contribution in [0.2, 0.25) is 0 Å². The number of hydrogen-bond donors (Lipinski definition) is 2. The second-order valence-electron chi connectivity index (χ2n) is 13.9. The van der Waals surface area contributed by atoms with Crippen molar-refractivity contribution in [2.24, 2.45) is 9.98 Å². The van der Waals surface area contributed by atoms with Crippen LogP contribution >= 0.6 is 0 Å². The van der Waals surface area contributed by atoms with Crippen molar-refractivity contribution in [1.29, 1.82) is 0 Å². The van der Waals surface area contributed by atoms with Crippen LogP contribution in [-0.4, -0.2) is 20.9 Å². The fraction of sp³-hybridized carbons (Fsp3) is 0.0417. The highest BCUT2D eigenvalue weighted by molar-refractivity contribution is 6.26. The number of rotatable bonds is 4. The fourth-order valence-electron chi connectivity index (χ4n) is 8.31. The number of amidine groups is 1. The summed E-state index contributed by atoms with van der Waals surface area (Å²) in [4.78, 5) is 10.8. The summed E-state index contributed by atoms with van der Waals surface area (Å²) in [6.45, 7) is 0. The molecule has 11 rings (SSSR count). The molecular weight excluding hydrogens is 661 g/mol. The van der Waals surface area contributed by atoms with Crippen LogP contribution < -0.4 is 10.6 Å². The predicted octanol–water partition coefficient (Wildman–Crippen LogP) is 11.0. The molecule has 0 bridgehead atoms. The van der Waals surface area contributed by atoms with Gasteiger partial charge in [0, 0.05) is 38.5 Å². The number of aliphatic imine (C=N–C) groups is 2. The van der Waals surface area contributed by atoms with E-state index in [1.54, 1.807) is 0 Å². The van der Waals surface area contributed by atoms with Gasteiger partial charge >= 0.3 is 0 Å². The Labute approximate surface area is 312 Å². The normalized spacial score (nSPS) is 16.6. The predicted molar refractivity (Wildman–Crippen MR) is 224 cm³/mol. The van der Waals surface area contributed by atoms with Crippen LogP contribution in [0.5, 0.6) is 0 Å². The molecule has 256 valence electrons. The van der Waals surface area contributed by atoms with E-state index in [0.717, 1.165) is 61.2 Å². The molecule has 2 aliphatic heterocycles. The summed E-state index contributed by atoms with van der Waals surface area (Å²) in [6, 6.07) is 60.1. The quantitative estimate of drug-likeness (QED) is 0.193. The first-order valence-corrected chi connectivity index (χ1v) is 18.4. The first-order chi connectivity index (χ1) is 26.8. The Morgan fingerprint density at radius 3 is 1.91 bits per heavy atom. The number of hydrogen-bond acceptors (Lipinski definition) is 4. The monoisotopic (exact) mass is 694 g/mol. The van der Waals surface area contributed by atoms with Crippen molar-refractivity contribution >= 4 is 67.2 Å². The second kappa shape index (κ2) is 12.2. The number of fused-ring (bicyclic) bond motifs is 8. The molecule has 2 aliphatic rings. The molecule has 7 aromatic carbocycles. The standard InChI is InChI=1S/C48H34N6/c1-3-15-32(16-4-1)46-50-47(34-18-13-17-33(30-34)41-29-26-31-14-7-10-23-40(31)49-41)52-48(51-46)54-43-25-12-9-22-37(43)39-28-27-38-36-21-8-11-24-42(36)53(44(38)45(39)54)35-19-5-2-6-20-35/h1-30,41,47,49H,(H,50,51,52). The van der Waals surface area contributed by atoms with E-state index in [0.29, 0.717) is 5.96 Å². The van der Waals surface area contributed by atoms with Gasteiger partial charge in [0.25, 0.3) is 0 Å². The molecule has 0 saturated heterocycles. The summed E-state index contributed by atoms with van der Waals surface area (Å²) >= 11 is 0. The van der Waals surface area contributed by atoms with E-state index in [1.165, 1.54) is 21.9 Å². The van der Waals surface area contributed by atoms with Crippen LogP contribution in [0.15, 0.2) is 186 Å². The molecule has 9 aromatic rings. The lowest BCUT2D eigenvalue weighted by Crippen LogP contribution is -2.35. The van der Waals surface area contributed by atoms with Crippen molar-refractivity contribution in [2.45, 2.75) is 12.2 Å². The van der Waals surface area contributed by atoms with Crippen LogP contribution in [0.4, 0.5) is 5.69 Å². The average Bonchev–Trinajstić information content (AvgIpc) is 3.77. The van der Waals surface area contributed by atoms with Crippen molar-refractivity contribution in [3.63, 3.8) is 0 Å². The minimum absolute atomic E-state index is 0.0414. The third-order valence-electron chi connectivity index (χ3n) is 10.8. The highest BCUT2D eigenvalue weighted by atomic mass is 15.3. The lowest BCUT2D eigenvalue weighted by molar-refractivity contribution is 0.667. The summed E-state index contributed by atoms with van der Waals surface area (Å²) in [5, 5.41) is 12.2. The maximum absolute atomic E-state index is 5.49. The van der Waals surface area contributed by atoms with Crippen LogP contribution in [-0.2, 0) is 0 Å². The lowest BCUT2D eigenvalue weighted by atomic mass is 9.97. The number of anilines is 1. The lowest BCUT2D eigenvalue weighted by Gasteiger charge is -2.26. The van der Waals surface area contributed by atoms with Crippen molar-refractivity contribution in [3.8, 4) is 5.69 Å². The van der Waals surface area contributed by atoms with Gasteiger partial charge in [-0.2, -0.15) is 4.99 Å². The fourth-order valence-corrected chi connectivity index (χ4v) is 8.31. The Morgan fingerprint density at radius 1 is 0.500 bits per heavy atom. The Kier molecular flexibility index (Phi) is 6.89. The Balaban J connectivity index is 1.16. The van der Waals surface area contributed by atoms with E-state index in [1.807, 2.05) is 6.07 Å². The molecule has 2 N–H and O–H groups in total. The molecule has 4 heterocycles. The largest absolute Gasteiger partial charge is 0.374 e. The third-order valence-corrected chi connectivity index (χ3v) is 10.8. The van der Waals surface area contributed by atoms with Gasteiger partial charge in [-0.3, -0.25) is 4.57 Å². The van der Waals surface area contributed by atoms with Crippen molar-refractivity contribution in [3.05, 3.63) is 198 Å². The van der Waals surface area contributed by atoms with Gasteiger partial charge in [0.2, 0.25) is 5.96 Å². The van der Waals surface area contributed by atoms with Crippen LogP contribution in [0.3, 0.4) is 0 Å². The van der Waals surface area contributed by atoms with Crippen molar-refractivity contribution < 1.29 is 0 Å². The topological polar surface area (TPSA) is 58.6 Å². The van der Waals surface area contributed by atoms with Gasteiger partial charge in [0.15, 0.2) is 0 Å². The van der Waals surface area contributed by atoms with Gasteiger partial charge in [0.1, 0.15) is 12.0 Å². The molecule has 0 saturated carbocycles. The summed E-state index contributed by atoms with van der Waals surface area (Å²) in [5.74, 6) is 1.42. The average molecular weight is 695 g/mol. The smallest absolute Gasteiger partial charge is 0.234 e. The minimum Gasteiger partial charge on any atom is -0.374 e. The zero-order chi connectivity index (χ0) is 35.6. The van der Waals surface area contributed by atoms with Gasteiger partial charge in [0.05, 0.1) is 28.1 Å². The Morgan fingerprint density at radius 2 is 1.13 bits per heavy atom. The first-order valence-electron chi connectivity index (χ1n) is 18.4. The molecular formula is C48H34N6. The number of aromatic nitrogens is 2. The third kappa shape index (κ3) is 4.81. The summed E-state index contributed by atoms with van der Waals surface area (Å²) < 4.78 is 4.68. The molecule has 54 heavy (non-hydrogen) atoms. The van der Waals surface area contributed by atoms with E-state index < -0.39 is 0 Å². The Hall–Kier alpha value is -7.18. The van der Waals surface area contributed by atoms with Gasteiger partial charge in [-0.1, -0.05) is 146 Å². The minimum atomic E-state index is -0.386. The van der Waals surface area contributed by atoms with E-state index in [2.05, 4.69) is 196 Å². The molecule has 2 unspecified atom stereocenters. The van der Waals surface area contributed by atoms with E-state index in [4.69, 9.17) is 9.98 Å².